The number of alkyl halides is 3. The van der Waals surface area contributed by atoms with Crippen LogP contribution in [0, 0.1) is 17.1 Å². The lowest BCUT2D eigenvalue weighted by Gasteiger charge is -2.27. The molecule has 4 nitrogen and oxygen atoms in total. The summed E-state index contributed by atoms with van der Waals surface area (Å²) in [7, 11) is 0. The maximum atomic E-state index is 13.2. The average Bonchev–Trinajstić information content (AvgIpc) is 3.25. The van der Waals surface area contributed by atoms with E-state index in [-0.39, 0.29) is 17.9 Å². The molecule has 1 amide bonds. The van der Waals surface area contributed by atoms with Gasteiger partial charge in [-0.1, -0.05) is 6.08 Å². The SMILES string of the molecule is N#Cc1ccc(NC(=O)[C@@](O)(CSc2ccc(F)cc2)CC2=CCCS2)cc1C(F)(F)F. The predicted molar refractivity (Wildman–Crippen MR) is 117 cm³/mol. The summed E-state index contributed by atoms with van der Waals surface area (Å²) >= 11 is 2.64. The Morgan fingerprint density at radius 1 is 1.22 bits per heavy atom. The molecule has 0 radical (unpaired) electrons. The zero-order valence-corrected chi connectivity index (χ0v) is 18.2. The van der Waals surface area contributed by atoms with Crippen molar-refractivity contribution in [2.45, 2.75) is 29.5 Å². The minimum atomic E-state index is -4.77. The Hall–Kier alpha value is -2.48. The smallest absolute Gasteiger partial charge is 0.379 e. The highest BCUT2D eigenvalue weighted by atomic mass is 32.2. The van der Waals surface area contributed by atoms with Crippen LogP contribution in [0.15, 0.2) is 58.3 Å². The number of halogens is 4. The van der Waals surface area contributed by atoms with E-state index in [0.717, 1.165) is 34.9 Å². The second-order valence-electron chi connectivity index (χ2n) is 7.08. The van der Waals surface area contributed by atoms with Crippen LogP contribution >= 0.6 is 23.5 Å². The van der Waals surface area contributed by atoms with Gasteiger partial charge in [0.2, 0.25) is 0 Å². The zero-order valence-electron chi connectivity index (χ0n) is 16.6. The fourth-order valence-corrected chi connectivity index (χ4v) is 5.05. The Kier molecular flexibility index (Phi) is 7.54. The molecule has 1 heterocycles. The van der Waals surface area contributed by atoms with Crippen molar-refractivity contribution in [3.05, 3.63) is 70.4 Å². The zero-order chi connectivity index (χ0) is 23.4. The summed E-state index contributed by atoms with van der Waals surface area (Å²) in [5.74, 6) is -0.553. The van der Waals surface area contributed by atoms with Gasteiger partial charge in [-0.05, 0) is 53.8 Å². The van der Waals surface area contributed by atoms with E-state index in [1.54, 1.807) is 0 Å². The number of hydrogen-bond acceptors (Lipinski definition) is 5. The van der Waals surface area contributed by atoms with Crippen molar-refractivity contribution in [1.82, 2.24) is 0 Å². The van der Waals surface area contributed by atoms with Crippen molar-refractivity contribution in [2.24, 2.45) is 0 Å². The summed E-state index contributed by atoms with van der Waals surface area (Å²) in [4.78, 5) is 14.4. The first-order valence-corrected chi connectivity index (χ1v) is 11.4. The molecule has 0 spiro atoms. The van der Waals surface area contributed by atoms with Gasteiger partial charge >= 0.3 is 6.18 Å². The lowest BCUT2D eigenvalue weighted by molar-refractivity contribution is -0.138. The van der Waals surface area contributed by atoms with Crippen molar-refractivity contribution in [1.29, 1.82) is 5.26 Å². The number of thioether (sulfide) groups is 2. The van der Waals surface area contributed by atoms with Crippen LogP contribution in [0.2, 0.25) is 0 Å². The molecule has 32 heavy (non-hydrogen) atoms. The Labute approximate surface area is 190 Å². The molecule has 168 valence electrons. The number of hydrogen-bond donors (Lipinski definition) is 2. The topological polar surface area (TPSA) is 73.1 Å². The monoisotopic (exact) mass is 482 g/mol. The maximum Gasteiger partial charge on any atom is 0.417 e. The number of rotatable bonds is 7. The number of nitrogens with zero attached hydrogens (tertiary/aromatic N) is 1. The van der Waals surface area contributed by atoms with Crippen LogP contribution in [0.1, 0.15) is 24.0 Å². The van der Waals surface area contributed by atoms with Crippen molar-refractivity contribution in [2.75, 3.05) is 16.8 Å². The molecule has 10 heteroatoms. The van der Waals surface area contributed by atoms with Crippen LogP contribution in [-0.2, 0) is 11.0 Å². The minimum Gasteiger partial charge on any atom is -0.379 e. The van der Waals surface area contributed by atoms with E-state index >= 15 is 0 Å². The molecular weight excluding hydrogens is 464 g/mol. The third-order valence-corrected chi connectivity index (χ3v) is 7.01. The van der Waals surface area contributed by atoms with Crippen molar-refractivity contribution in [3.8, 4) is 6.07 Å². The van der Waals surface area contributed by atoms with E-state index in [1.165, 1.54) is 48.2 Å². The summed E-state index contributed by atoms with van der Waals surface area (Å²) < 4.78 is 52.9. The molecule has 0 saturated heterocycles. The molecule has 2 N–H and O–H groups in total. The van der Waals surface area contributed by atoms with Gasteiger partial charge in [-0.25, -0.2) is 4.39 Å². The van der Waals surface area contributed by atoms with Gasteiger partial charge in [-0.15, -0.1) is 23.5 Å². The Balaban J connectivity index is 1.83. The summed E-state index contributed by atoms with van der Waals surface area (Å²) in [6.45, 7) is 0. The van der Waals surface area contributed by atoms with Gasteiger partial charge in [-0.3, -0.25) is 4.79 Å². The predicted octanol–water partition coefficient (Wildman–Crippen LogP) is 5.59. The number of nitriles is 1. The van der Waals surface area contributed by atoms with Gasteiger partial charge < -0.3 is 10.4 Å². The standard InChI is InChI=1S/C22H18F4N2O2S2/c23-15-4-7-17(8-5-15)32-13-21(30,11-18-2-1-9-31-18)20(29)28-16-6-3-14(12-27)19(10-16)22(24,25)26/h2-8,10,30H,1,9,11,13H2,(H,28,29)/t21-/m0/s1. The molecule has 0 saturated carbocycles. The molecule has 0 unspecified atom stereocenters. The summed E-state index contributed by atoms with van der Waals surface area (Å²) in [5.41, 5.74) is -3.84. The molecule has 1 aliphatic rings. The van der Waals surface area contributed by atoms with Crippen LogP contribution < -0.4 is 5.32 Å². The molecule has 0 fully saturated rings. The molecule has 2 aromatic rings. The van der Waals surface area contributed by atoms with Gasteiger partial charge in [0.05, 0.1) is 17.2 Å². The lowest BCUT2D eigenvalue weighted by Crippen LogP contribution is -2.45. The highest BCUT2D eigenvalue weighted by Crippen LogP contribution is 2.37. The summed E-state index contributed by atoms with van der Waals surface area (Å²) in [6.07, 6.45) is -2.06. The van der Waals surface area contributed by atoms with E-state index in [0.29, 0.717) is 11.0 Å². The van der Waals surface area contributed by atoms with Gasteiger partial charge in [0.1, 0.15) is 5.82 Å². The number of allylic oxidation sites excluding steroid dienone is 1. The molecular formula is C22H18F4N2O2S2. The second-order valence-corrected chi connectivity index (χ2v) is 9.35. The van der Waals surface area contributed by atoms with Gasteiger partial charge in [0, 0.05) is 28.5 Å². The second kappa shape index (κ2) is 9.98. The van der Waals surface area contributed by atoms with Crippen LogP contribution in [0.25, 0.3) is 0 Å². The fourth-order valence-electron chi connectivity index (χ4n) is 3.01. The van der Waals surface area contributed by atoms with Crippen LogP contribution in [0.4, 0.5) is 23.2 Å². The minimum absolute atomic E-state index is 0.000101. The first kappa shape index (κ1) is 24.2. The van der Waals surface area contributed by atoms with Gasteiger partial charge in [0.25, 0.3) is 5.91 Å². The van der Waals surface area contributed by atoms with Crippen molar-refractivity contribution in [3.63, 3.8) is 0 Å². The first-order chi connectivity index (χ1) is 15.1. The van der Waals surface area contributed by atoms with E-state index in [4.69, 9.17) is 5.26 Å². The fraction of sp³-hybridized carbons (Fsp3) is 0.273. The third kappa shape index (κ3) is 6.06. The number of benzene rings is 2. The van der Waals surface area contributed by atoms with E-state index < -0.39 is 34.6 Å². The van der Waals surface area contributed by atoms with E-state index in [1.807, 2.05) is 6.08 Å². The molecule has 0 aliphatic carbocycles. The summed E-state index contributed by atoms with van der Waals surface area (Å²) in [5, 5.41) is 22.5. The third-order valence-electron chi connectivity index (χ3n) is 4.66. The van der Waals surface area contributed by atoms with Gasteiger partial charge in [-0.2, -0.15) is 18.4 Å². The molecule has 2 aromatic carbocycles. The number of amides is 1. The number of anilines is 1. The Morgan fingerprint density at radius 3 is 2.53 bits per heavy atom. The maximum absolute atomic E-state index is 13.2. The van der Waals surface area contributed by atoms with Crippen LogP contribution in [0.3, 0.4) is 0 Å². The normalized spacial score (nSPS) is 15.6. The molecule has 1 atom stereocenters. The number of carbonyl (C=O) groups excluding carboxylic acids is 1. The molecule has 0 aromatic heterocycles. The van der Waals surface area contributed by atoms with Crippen molar-refractivity contribution < 1.29 is 27.5 Å². The van der Waals surface area contributed by atoms with Crippen LogP contribution in [-0.4, -0.2) is 28.1 Å². The molecule has 1 aliphatic heterocycles. The molecule has 3 rings (SSSR count). The van der Waals surface area contributed by atoms with Crippen LogP contribution in [0.5, 0.6) is 0 Å². The lowest BCUT2D eigenvalue weighted by atomic mass is 9.99. The number of aliphatic hydroxyl groups is 1. The van der Waals surface area contributed by atoms with E-state index in [9.17, 15) is 27.5 Å². The molecule has 0 bridgehead atoms. The van der Waals surface area contributed by atoms with Crippen molar-refractivity contribution >= 4 is 35.1 Å². The largest absolute Gasteiger partial charge is 0.417 e. The number of carbonyl (C=O) groups is 1. The Morgan fingerprint density at radius 2 is 1.94 bits per heavy atom. The highest BCUT2D eigenvalue weighted by molar-refractivity contribution is 8.03. The Bertz CT molecular complexity index is 1070. The highest BCUT2D eigenvalue weighted by Gasteiger charge is 2.39. The number of nitrogens with one attached hydrogen (secondary N) is 1. The first-order valence-electron chi connectivity index (χ1n) is 9.46. The summed E-state index contributed by atoms with van der Waals surface area (Å²) in [6, 6.07) is 9.85. The van der Waals surface area contributed by atoms with Gasteiger partial charge in [0.15, 0.2) is 5.60 Å². The quantitative estimate of drug-likeness (QED) is 0.398. The average molecular weight is 483 g/mol. The van der Waals surface area contributed by atoms with E-state index in [2.05, 4.69) is 5.32 Å².